The fourth-order valence-electron chi connectivity index (χ4n) is 2.23. The van der Waals surface area contributed by atoms with Gasteiger partial charge in [0.25, 0.3) is 0 Å². The number of hydrogen-bond acceptors (Lipinski definition) is 5. The summed E-state index contributed by atoms with van der Waals surface area (Å²) in [5.41, 5.74) is 1.10. The van der Waals surface area contributed by atoms with Crippen molar-refractivity contribution in [3.63, 3.8) is 0 Å². The number of nitrogens with zero attached hydrogens (tertiary/aromatic N) is 4. The van der Waals surface area contributed by atoms with E-state index in [-0.39, 0.29) is 6.04 Å². The van der Waals surface area contributed by atoms with Gasteiger partial charge in [-0.25, -0.2) is 4.98 Å². The van der Waals surface area contributed by atoms with E-state index in [0.29, 0.717) is 0 Å². The number of hydrogen-bond donors (Lipinski definition) is 1. The topological polar surface area (TPSA) is 55.6 Å². The average molecular weight is 279 g/mol. The maximum absolute atomic E-state index is 4.51. The van der Waals surface area contributed by atoms with E-state index in [1.54, 1.807) is 0 Å². The summed E-state index contributed by atoms with van der Waals surface area (Å²) in [6.45, 7) is 5.33. The van der Waals surface area contributed by atoms with Crippen molar-refractivity contribution in [2.24, 2.45) is 0 Å². The molecule has 2 heterocycles. The van der Waals surface area contributed by atoms with Crippen molar-refractivity contribution < 1.29 is 0 Å². The van der Waals surface area contributed by atoms with Crippen molar-refractivity contribution in [1.29, 1.82) is 0 Å². The van der Waals surface area contributed by atoms with Crippen LogP contribution in [0.5, 0.6) is 0 Å². The van der Waals surface area contributed by atoms with Gasteiger partial charge in [-0.05, 0) is 31.4 Å². The van der Waals surface area contributed by atoms with Crippen LogP contribution >= 0.6 is 11.5 Å². The molecule has 0 aliphatic rings. The van der Waals surface area contributed by atoms with Gasteiger partial charge in [0.05, 0.1) is 10.6 Å². The second-order valence-electron chi connectivity index (χ2n) is 4.53. The van der Waals surface area contributed by atoms with Gasteiger partial charge in [-0.2, -0.15) is 0 Å². The molecule has 0 saturated carbocycles. The van der Waals surface area contributed by atoms with Crippen molar-refractivity contribution in [2.45, 2.75) is 45.7 Å². The zero-order chi connectivity index (χ0) is 13.7. The molecule has 5 nitrogen and oxygen atoms in total. The summed E-state index contributed by atoms with van der Waals surface area (Å²) >= 11 is 1.47. The molecule has 0 fully saturated rings. The molecule has 19 heavy (non-hydrogen) atoms. The number of aryl methyl sites for hydroxylation is 2. The molecule has 0 spiro atoms. The van der Waals surface area contributed by atoms with Crippen molar-refractivity contribution in [2.75, 3.05) is 7.05 Å². The van der Waals surface area contributed by atoms with E-state index in [4.69, 9.17) is 0 Å². The largest absolute Gasteiger partial charge is 0.333 e. The van der Waals surface area contributed by atoms with Gasteiger partial charge in [0.1, 0.15) is 11.9 Å². The molecular formula is C13H21N5S. The third-order valence-electron chi connectivity index (χ3n) is 3.09. The molecule has 0 saturated heterocycles. The van der Waals surface area contributed by atoms with E-state index in [9.17, 15) is 0 Å². The summed E-state index contributed by atoms with van der Waals surface area (Å²) in [6, 6.07) is 0.0862. The third-order valence-corrected chi connectivity index (χ3v) is 3.92. The Balaban J connectivity index is 2.33. The van der Waals surface area contributed by atoms with Crippen LogP contribution in [0, 0.1) is 0 Å². The highest BCUT2D eigenvalue weighted by molar-refractivity contribution is 7.05. The van der Waals surface area contributed by atoms with Crippen LogP contribution < -0.4 is 5.32 Å². The van der Waals surface area contributed by atoms with Crippen LogP contribution in [0.3, 0.4) is 0 Å². The number of imidazole rings is 1. The molecule has 2 rings (SSSR count). The summed E-state index contributed by atoms with van der Waals surface area (Å²) in [5, 5.41) is 7.60. The Morgan fingerprint density at radius 2 is 2.21 bits per heavy atom. The van der Waals surface area contributed by atoms with Gasteiger partial charge >= 0.3 is 0 Å². The zero-order valence-corrected chi connectivity index (χ0v) is 12.6. The molecule has 6 heteroatoms. The van der Waals surface area contributed by atoms with Crippen molar-refractivity contribution in [1.82, 2.24) is 24.5 Å². The molecule has 0 aliphatic heterocycles. The van der Waals surface area contributed by atoms with Crippen molar-refractivity contribution in [3.05, 3.63) is 28.8 Å². The minimum atomic E-state index is 0.0862. The van der Waals surface area contributed by atoms with Crippen LogP contribution in [0.2, 0.25) is 0 Å². The Labute approximate surface area is 118 Å². The molecule has 0 radical (unpaired) electrons. The monoisotopic (exact) mass is 279 g/mol. The molecular weight excluding hydrogens is 258 g/mol. The second kappa shape index (κ2) is 6.77. The summed E-state index contributed by atoms with van der Waals surface area (Å²) in [4.78, 5) is 5.70. The lowest BCUT2D eigenvalue weighted by molar-refractivity contribution is 0.569. The smallest absolute Gasteiger partial charge is 0.131 e. The lowest BCUT2D eigenvalue weighted by Gasteiger charge is -2.16. The van der Waals surface area contributed by atoms with Gasteiger partial charge in [0.15, 0.2) is 0 Å². The summed E-state index contributed by atoms with van der Waals surface area (Å²) < 4.78 is 6.31. The van der Waals surface area contributed by atoms with Gasteiger partial charge in [-0.1, -0.05) is 24.8 Å². The highest BCUT2D eigenvalue weighted by atomic mass is 32.1. The lowest BCUT2D eigenvalue weighted by Crippen LogP contribution is -2.22. The summed E-state index contributed by atoms with van der Waals surface area (Å²) in [5.74, 6) is 1.05. The average Bonchev–Trinajstić information content (AvgIpc) is 3.03. The van der Waals surface area contributed by atoms with Gasteiger partial charge in [0.2, 0.25) is 0 Å². The fourth-order valence-corrected chi connectivity index (χ4v) is 3.04. The van der Waals surface area contributed by atoms with Gasteiger partial charge in [0, 0.05) is 18.9 Å². The van der Waals surface area contributed by atoms with Crippen LogP contribution in [0.15, 0.2) is 12.4 Å². The molecule has 104 valence electrons. The first-order chi connectivity index (χ1) is 9.31. The standard InChI is InChI=1S/C13H21N5S/c1-4-6-10-12(19-17-16-10)11(14-3)13-15-7-9-18(13)8-5-2/h7,9,11,14H,4-6,8H2,1-3H3. The maximum Gasteiger partial charge on any atom is 0.131 e. The fraction of sp³-hybridized carbons (Fsp3) is 0.615. The Morgan fingerprint density at radius 3 is 2.89 bits per heavy atom. The molecule has 2 aromatic heterocycles. The van der Waals surface area contributed by atoms with Crippen LogP contribution in [0.25, 0.3) is 0 Å². The molecule has 0 aliphatic carbocycles. The molecule has 0 bridgehead atoms. The molecule has 0 aromatic carbocycles. The van der Waals surface area contributed by atoms with Crippen molar-refractivity contribution in [3.8, 4) is 0 Å². The lowest BCUT2D eigenvalue weighted by atomic mass is 10.1. The van der Waals surface area contributed by atoms with Crippen LogP contribution in [-0.4, -0.2) is 26.2 Å². The highest BCUT2D eigenvalue weighted by Gasteiger charge is 2.23. The minimum Gasteiger partial charge on any atom is -0.333 e. The summed E-state index contributed by atoms with van der Waals surface area (Å²) in [7, 11) is 1.96. The first-order valence-electron chi connectivity index (χ1n) is 6.81. The molecule has 2 aromatic rings. The van der Waals surface area contributed by atoms with E-state index in [1.807, 2.05) is 19.4 Å². The number of rotatable bonds is 7. The van der Waals surface area contributed by atoms with Crippen LogP contribution in [-0.2, 0) is 13.0 Å². The molecule has 1 N–H and O–H groups in total. The predicted molar refractivity (Wildman–Crippen MR) is 77.3 cm³/mol. The predicted octanol–water partition coefficient (Wildman–Crippen LogP) is 2.41. The number of aromatic nitrogens is 4. The van der Waals surface area contributed by atoms with Crippen molar-refractivity contribution >= 4 is 11.5 Å². The van der Waals surface area contributed by atoms with E-state index in [1.165, 1.54) is 16.4 Å². The second-order valence-corrected chi connectivity index (χ2v) is 5.32. The first-order valence-corrected chi connectivity index (χ1v) is 7.58. The van der Waals surface area contributed by atoms with Gasteiger partial charge in [-0.3, -0.25) is 0 Å². The number of nitrogens with one attached hydrogen (secondary N) is 1. The van der Waals surface area contributed by atoms with Crippen LogP contribution in [0.1, 0.15) is 49.1 Å². The highest BCUT2D eigenvalue weighted by Crippen LogP contribution is 2.26. The SMILES string of the molecule is CCCc1nnsc1C(NC)c1nccn1CCC. The van der Waals surface area contributed by atoms with E-state index < -0.39 is 0 Å². The quantitative estimate of drug-likeness (QED) is 0.845. The van der Waals surface area contributed by atoms with Gasteiger partial charge < -0.3 is 9.88 Å². The first kappa shape index (κ1) is 14.1. The Kier molecular flexibility index (Phi) is 5.04. The Hall–Kier alpha value is -1.27. The normalized spacial score (nSPS) is 12.8. The van der Waals surface area contributed by atoms with E-state index in [0.717, 1.165) is 37.3 Å². The maximum atomic E-state index is 4.51. The Bertz CT molecular complexity index is 460. The van der Waals surface area contributed by atoms with E-state index in [2.05, 4.69) is 38.3 Å². The zero-order valence-electron chi connectivity index (χ0n) is 11.8. The molecule has 1 atom stereocenters. The minimum absolute atomic E-state index is 0.0862. The van der Waals surface area contributed by atoms with E-state index >= 15 is 0 Å². The van der Waals surface area contributed by atoms with Gasteiger partial charge in [-0.15, -0.1) is 5.10 Å². The third kappa shape index (κ3) is 3.01. The molecule has 1 unspecified atom stereocenters. The summed E-state index contributed by atoms with van der Waals surface area (Å²) in [6.07, 6.45) is 7.06. The van der Waals surface area contributed by atoms with Crippen LogP contribution in [0.4, 0.5) is 0 Å². The molecule has 0 amide bonds. The Morgan fingerprint density at radius 1 is 1.37 bits per heavy atom.